The maximum Gasteiger partial charge on any atom is 0.543 e. The molecular formula is C24H38O8. The standard InChI is InChI=1S/C24H38O8/c1-4-5-6-7-8-9-10-11-12-13-14-15-16-29-24(26)31-32-30-23(25)20-17-21(27-2)19-22(18-20)28-3/h17-19H,4-16H2,1-3H3. The van der Waals surface area contributed by atoms with Gasteiger partial charge in [-0.3, -0.25) is 4.89 Å². The first kappa shape index (κ1) is 27.6. The van der Waals surface area contributed by atoms with Crippen molar-refractivity contribution < 1.29 is 38.6 Å². The quantitative estimate of drug-likeness (QED) is 0.107. The van der Waals surface area contributed by atoms with Crippen molar-refractivity contribution in [3.05, 3.63) is 23.8 Å². The number of methoxy groups -OCH3 is 2. The third kappa shape index (κ3) is 13.0. The zero-order valence-corrected chi connectivity index (χ0v) is 19.7. The van der Waals surface area contributed by atoms with Gasteiger partial charge in [0.15, 0.2) is 0 Å². The first-order chi connectivity index (χ1) is 15.6. The molecule has 182 valence electrons. The molecule has 0 amide bonds. The van der Waals surface area contributed by atoms with E-state index >= 15 is 0 Å². The molecule has 0 aliphatic heterocycles. The van der Waals surface area contributed by atoms with Gasteiger partial charge in [-0.05, 0) is 18.6 Å². The van der Waals surface area contributed by atoms with E-state index in [0.717, 1.165) is 19.3 Å². The van der Waals surface area contributed by atoms with Crippen LogP contribution in [0.3, 0.4) is 0 Å². The fraction of sp³-hybridized carbons (Fsp3) is 0.667. The van der Waals surface area contributed by atoms with Crippen LogP contribution in [0.1, 0.15) is 94.3 Å². The number of hydrogen-bond donors (Lipinski definition) is 0. The van der Waals surface area contributed by atoms with Crippen LogP contribution >= 0.6 is 0 Å². The predicted molar refractivity (Wildman–Crippen MR) is 120 cm³/mol. The van der Waals surface area contributed by atoms with Gasteiger partial charge in [0, 0.05) is 6.07 Å². The first-order valence-corrected chi connectivity index (χ1v) is 11.6. The molecule has 0 fully saturated rings. The Kier molecular flexibility index (Phi) is 15.6. The van der Waals surface area contributed by atoms with Gasteiger partial charge in [-0.15, -0.1) is 0 Å². The van der Waals surface area contributed by atoms with Crippen molar-refractivity contribution in [1.82, 2.24) is 0 Å². The third-order valence-corrected chi connectivity index (χ3v) is 5.02. The van der Waals surface area contributed by atoms with E-state index in [0.29, 0.717) is 11.5 Å². The lowest BCUT2D eigenvalue weighted by molar-refractivity contribution is -0.452. The Morgan fingerprint density at radius 3 is 1.69 bits per heavy atom. The highest BCUT2D eigenvalue weighted by Crippen LogP contribution is 2.23. The summed E-state index contributed by atoms with van der Waals surface area (Å²) in [5.74, 6) is -0.0750. The highest BCUT2D eigenvalue weighted by Gasteiger charge is 2.14. The SMILES string of the molecule is CCCCCCCCCCCCCCOC(=O)OOOC(=O)c1cc(OC)cc(OC)c1. The lowest BCUT2D eigenvalue weighted by Crippen LogP contribution is -2.13. The molecular weight excluding hydrogens is 416 g/mol. The summed E-state index contributed by atoms with van der Waals surface area (Å²) < 4.78 is 15.0. The summed E-state index contributed by atoms with van der Waals surface area (Å²) in [5, 5.41) is 4.22. The second-order valence-corrected chi connectivity index (χ2v) is 7.61. The minimum atomic E-state index is -1.07. The van der Waals surface area contributed by atoms with Gasteiger partial charge >= 0.3 is 12.1 Å². The van der Waals surface area contributed by atoms with Crippen LogP contribution in [-0.4, -0.2) is 33.0 Å². The van der Waals surface area contributed by atoms with Crippen molar-refractivity contribution in [1.29, 1.82) is 0 Å². The Labute approximate surface area is 191 Å². The Morgan fingerprint density at radius 1 is 0.688 bits per heavy atom. The van der Waals surface area contributed by atoms with Gasteiger partial charge in [0.2, 0.25) is 0 Å². The van der Waals surface area contributed by atoms with Gasteiger partial charge in [0.1, 0.15) is 11.5 Å². The summed E-state index contributed by atoms with van der Waals surface area (Å²) in [4.78, 5) is 32.2. The van der Waals surface area contributed by atoms with Crippen molar-refractivity contribution in [2.75, 3.05) is 20.8 Å². The van der Waals surface area contributed by atoms with Crippen molar-refractivity contribution in [3.8, 4) is 11.5 Å². The van der Waals surface area contributed by atoms with Gasteiger partial charge < -0.3 is 14.2 Å². The summed E-state index contributed by atoms with van der Waals surface area (Å²) in [6.45, 7) is 2.46. The number of ether oxygens (including phenoxy) is 3. The maximum atomic E-state index is 12.0. The summed E-state index contributed by atoms with van der Waals surface area (Å²) in [7, 11) is 2.91. The van der Waals surface area contributed by atoms with Crippen molar-refractivity contribution in [3.63, 3.8) is 0 Å². The molecule has 1 rings (SSSR count). The monoisotopic (exact) mass is 454 g/mol. The lowest BCUT2D eigenvalue weighted by atomic mass is 10.1. The zero-order valence-electron chi connectivity index (χ0n) is 19.7. The summed E-state index contributed by atoms with van der Waals surface area (Å²) >= 11 is 0. The minimum Gasteiger partial charge on any atom is -0.497 e. The van der Waals surface area contributed by atoms with Crippen LogP contribution in [-0.2, 0) is 19.6 Å². The van der Waals surface area contributed by atoms with Gasteiger partial charge in [-0.2, -0.15) is 0 Å². The summed E-state index contributed by atoms with van der Waals surface area (Å²) in [5.41, 5.74) is 0.106. The molecule has 0 unspecified atom stereocenters. The highest BCUT2D eigenvalue weighted by atomic mass is 17.5. The summed E-state index contributed by atoms with van der Waals surface area (Å²) in [6.07, 6.45) is 13.6. The molecule has 1 aromatic rings. The zero-order chi connectivity index (χ0) is 23.4. The van der Waals surface area contributed by atoms with E-state index in [1.807, 2.05) is 0 Å². The molecule has 0 aliphatic rings. The molecule has 1 aromatic carbocycles. The van der Waals surface area contributed by atoms with Crippen molar-refractivity contribution in [2.24, 2.45) is 0 Å². The number of hydrogen-bond acceptors (Lipinski definition) is 8. The van der Waals surface area contributed by atoms with E-state index in [-0.39, 0.29) is 12.2 Å². The topological polar surface area (TPSA) is 89.5 Å². The van der Waals surface area contributed by atoms with E-state index in [4.69, 9.17) is 14.2 Å². The van der Waals surface area contributed by atoms with Gasteiger partial charge in [-0.25, -0.2) is 14.5 Å². The Morgan fingerprint density at radius 2 is 1.19 bits per heavy atom. The molecule has 0 radical (unpaired) electrons. The molecule has 0 N–H and O–H groups in total. The second kappa shape index (κ2) is 18.1. The molecule has 32 heavy (non-hydrogen) atoms. The molecule has 0 aliphatic carbocycles. The fourth-order valence-corrected chi connectivity index (χ4v) is 3.17. The largest absolute Gasteiger partial charge is 0.543 e. The summed E-state index contributed by atoms with van der Waals surface area (Å²) in [6, 6.07) is 4.46. The molecule has 8 heteroatoms. The number of rotatable bonds is 18. The maximum absolute atomic E-state index is 12.0. The normalized spacial score (nSPS) is 10.5. The third-order valence-electron chi connectivity index (χ3n) is 5.02. The molecule has 0 atom stereocenters. The molecule has 0 aromatic heterocycles. The second-order valence-electron chi connectivity index (χ2n) is 7.61. The van der Waals surface area contributed by atoms with Gasteiger partial charge in [0.05, 0.1) is 31.4 Å². The fourth-order valence-electron chi connectivity index (χ4n) is 3.17. The molecule has 0 bridgehead atoms. The first-order valence-electron chi connectivity index (χ1n) is 11.6. The van der Waals surface area contributed by atoms with Gasteiger partial charge in [-0.1, -0.05) is 77.6 Å². The number of unbranched alkanes of at least 4 members (excludes halogenated alkanes) is 11. The molecule has 0 spiro atoms. The van der Waals surface area contributed by atoms with Crippen LogP contribution in [0.25, 0.3) is 0 Å². The highest BCUT2D eigenvalue weighted by molar-refractivity contribution is 5.90. The van der Waals surface area contributed by atoms with Crippen molar-refractivity contribution >= 4 is 12.1 Å². The molecule has 0 saturated heterocycles. The smallest absolute Gasteiger partial charge is 0.497 e. The minimum absolute atomic E-state index is 0.106. The van der Waals surface area contributed by atoms with Crippen LogP contribution in [0.5, 0.6) is 11.5 Å². The average Bonchev–Trinajstić information content (AvgIpc) is 2.81. The van der Waals surface area contributed by atoms with E-state index in [9.17, 15) is 9.59 Å². The van der Waals surface area contributed by atoms with E-state index in [1.54, 1.807) is 6.07 Å². The Hall–Kier alpha value is -2.48. The van der Waals surface area contributed by atoms with Crippen molar-refractivity contribution in [2.45, 2.75) is 84.0 Å². The number of carbonyl (C=O) groups is 2. The van der Waals surface area contributed by atoms with E-state index in [1.165, 1.54) is 84.1 Å². The van der Waals surface area contributed by atoms with Crippen LogP contribution in [0.15, 0.2) is 18.2 Å². The Bertz CT molecular complexity index is 625. The molecule has 0 heterocycles. The van der Waals surface area contributed by atoms with Crippen LogP contribution in [0, 0.1) is 0 Å². The average molecular weight is 455 g/mol. The van der Waals surface area contributed by atoms with E-state index in [2.05, 4.69) is 21.7 Å². The molecule has 0 saturated carbocycles. The lowest BCUT2D eigenvalue weighted by Gasteiger charge is -2.07. The predicted octanol–water partition coefficient (Wildman–Crippen LogP) is 6.56. The van der Waals surface area contributed by atoms with Crippen LogP contribution in [0.4, 0.5) is 4.79 Å². The van der Waals surface area contributed by atoms with Crippen LogP contribution < -0.4 is 9.47 Å². The molecule has 8 nitrogen and oxygen atoms in total. The number of benzene rings is 1. The van der Waals surface area contributed by atoms with E-state index < -0.39 is 12.1 Å². The van der Waals surface area contributed by atoms with Gasteiger partial charge in [0.25, 0.3) is 0 Å². The Balaban J connectivity index is 2.01. The van der Waals surface area contributed by atoms with Crippen LogP contribution in [0.2, 0.25) is 0 Å². The number of carbonyl (C=O) groups excluding carboxylic acids is 2.